The van der Waals surface area contributed by atoms with Crippen LogP contribution in [-0.2, 0) is 5.41 Å². The average Bonchev–Trinajstić information content (AvgIpc) is 2.76. The number of nitrogens with one attached hydrogen (secondary N) is 2. The molecule has 0 unspecified atom stereocenters. The molecular formula is C24H36IN5O. The van der Waals surface area contributed by atoms with Crippen LogP contribution in [0.4, 0.5) is 5.69 Å². The van der Waals surface area contributed by atoms with E-state index in [1.807, 2.05) is 19.2 Å². The van der Waals surface area contributed by atoms with E-state index in [0.717, 1.165) is 37.6 Å². The van der Waals surface area contributed by atoms with E-state index in [4.69, 9.17) is 4.74 Å². The van der Waals surface area contributed by atoms with Crippen LogP contribution in [0.2, 0.25) is 0 Å². The van der Waals surface area contributed by atoms with Crippen LogP contribution in [0.25, 0.3) is 0 Å². The zero-order valence-corrected chi connectivity index (χ0v) is 21.4. The molecule has 2 heterocycles. The summed E-state index contributed by atoms with van der Waals surface area (Å²) in [4.78, 5) is 10.9. The lowest BCUT2D eigenvalue weighted by atomic mass is 9.87. The van der Waals surface area contributed by atoms with E-state index in [1.165, 1.54) is 11.3 Å². The first-order chi connectivity index (χ1) is 14.5. The lowest BCUT2D eigenvalue weighted by Crippen LogP contribution is -2.49. The number of ether oxygens (including phenoxy) is 1. The highest BCUT2D eigenvalue weighted by atomic mass is 127. The molecule has 2 N–H and O–H groups in total. The Hall–Kier alpha value is -2.03. The van der Waals surface area contributed by atoms with Gasteiger partial charge >= 0.3 is 0 Å². The van der Waals surface area contributed by atoms with Crippen molar-refractivity contribution in [1.82, 2.24) is 15.6 Å². The Morgan fingerprint density at radius 3 is 2.45 bits per heavy atom. The Bertz CT molecular complexity index is 797. The maximum Gasteiger partial charge on any atom is 0.191 e. The third kappa shape index (κ3) is 7.87. The van der Waals surface area contributed by atoms with Crippen LogP contribution in [0.3, 0.4) is 0 Å². The van der Waals surface area contributed by atoms with Gasteiger partial charge in [0.1, 0.15) is 12.4 Å². The molecule has 0 saturated carbocycles. The van der Waals surface area contributed by atoms with Crippen molar-refractivity contribution in [2.75, 3.05) is 38.2 Å². The molecule has 1 fully saturated rings. The largest absolute Gasteiger partial charge is 0.490 e. The van der Waals surface area contributed by atoms with Crippen molar-refractivity contribution in [1.29, 1.82) is 0 Å². The maximum absolute atomic E-state index is 5.67. The van der Waals surface area contributed by atoms with Crippen molar-refractivity contribution < 1.29 is 4.74 Å². The molecule has 0 aliphatic carbocycles. The molecule has 6 nitrogen and oxygen atoms in total. The monoisotopic (exact) mass is 537 g/mol. The highest BCUT2D eigenvalue weighted by molar-refractivity contribution is 14.0. The quantitative estimate of drug-likeness (QED) is 0.250. The van der Waals surface area contributed by atoms with Gasteiger partial charge in [-0.05, 0) is 48.1 Å². The van der Waals surface area contributed by atoms with Crippen LogP contribution < -0.4 is 20.3 Å². The summed E-state index contributed by atoms with van der Waals surface area (Å²) < 4.78 is 5.67. The summed E-state index contributed by atoms with van der Waals surface area (Å²) in [6.45, 7) is 10.1. The zero-order chi connectivity index (χ0) is 21.4. The summed E-state index contributed by atoms with van der Waals surface area (Å²) >= 11 is 0. The van der Waals surface area contributed by atoms with Crippen molar-refractivity contribution in [3.63, 3.8) is 0 Å². The second-order valence-electron chi connectivity index (χ2n) is 8.74. The van der Waals surface area contributed by atoms with E-state index >= 15 is 0 Å². The Balaban J connectivity index is 0.00000341. The number of halogens is 1. The SMILES string of the molecule is CN=C(NCCOc1cccnc1)NC1CCN(c2ccc(C(C)(C)C)cc2)CC1.I. The van der Waals surface area contributed by atoms with Gasteiger partial charge in [0.2, 0.25) is 0 Å². The summed E-state index contributed by atoms with van der Waals surface area (Å²) in [7, 11) is 1.81. The van der Waals surface area contributed by atoms with Crippen molar-refractivity contribution in [2.24, 2.45) is 4.99 Å². The van der Waals surface area contributed by atoms with E-state index in [9.17, 15) is 0 Å². The predicted molar refractivity (Wildman–Crippen MR) is 140 cm³/mol. The first kappa shape index (κ1) is 25.2. The molecule has 0 amide bonds. The minimum absolute atomic E-state index is 0. The number of guanidine groups is 1. The Morgan fingerprint density at radius 1 is 1.16 bits per heavy atom. The highest BCUT2D eigenvalue weighted by Gasteiger charge is 2.21. The first-order valence-corrected chi connectivity index (χ1v) is 10.8. The van der Waals surface area contributed by atoms with E-state index < -0.39 is 0 Å². The van der Waals surface area contributed by atoms with Crippen molar-refractivity contribution in [2.45, 2.75) is 45.1 Å². The molecule has 0 radical (unpaired) electrons. The number of pyridine rings is 1. The fourth-order valence-electron chi connectivity index (χ4n) is 3.61. The summed E-state index contributed by atoms with van der Waals surface area (Å²) in [5.74, 6) is 1.61. The minimum Gasteiger partial charge on any atom is -0.490 e. The molecule has 3 rings (SSSR count). The number of hydrogen-bond acceptors (Lipinski definition) is 4. The number of rotatable bonds is 6. The minimum atomic E-state index is 0. The fourth-order valence-corrected chi connectivity index (χ4v) is 3.61. The molecule has 1 aliphatic rings. The van der Waals surface area contributed by atoms with E-state index in [1.54, 1.807) is 12.4 Å². The highest BCUT2D eigenvalue weighted by Crippen LogP contribution is 2.26. The van der Waals surface area contributed by atoms with Gasteiger partial charge in [-0.15, -0.1) is 24.0 Å². The van der Waals surface area contributed by atoms with Crippen LogP contribution in [0.5, 0.6) is 5.75 Å². The summed E-state index contributed by atoms with van der Waals surface area (Å²) in [5, 5.41) is 6.88. The number of aromatic nitrogens is 1. The van der Waals surface area contributed by atoms with E-state index in [-0.39, 0.29) is 29.4 Å². The van der Waals surface area contributed by atoms with Crippen LogP contribution in [-0.4, -0.2) is 50.3 Å². The maximum atomic E-state index is 5.67. The van der Waals surface area contributed by atoms with Crippen LogP contribution in [0.15, 0.2) is 53.8 Å². The second-order valence-corrected chi connectivity index (χ2v) is 8.74. The molecule has 1 aromatic carbocycles. The molecule has 0 atom stereocenters. The summed E-state index contributed by atoms with van der Waals surface area (Å²) in [5.41, 5.74) is 2.89. The lowest BCUT2D eigenvalue weighted by Gasteiger charge is -2.35. The number of benzene rings is 1. The number of anilines is 1. The number of hydrogen-bond donors (Lipinski definition) is 2. The average molecular weight is 537 g/mol. The standard InChI is InChI=1S/C24H35N5O.HI/c1-24(2,3)19-7-9-21(10-8-19)29-15-11-20(12-16-29)28-23(25-4)27-14-17-30-22-6-5-13-26-18-22;/h5-10,13,18,20H,11-12,14-17H2,1-4H3,(H2,25,27,28);1H. The van der Waals surface area contributed by atoms with Crippen LogP contribution in [0.1, 0.15) is 39.2 Å². The fraction of sp³-hybridized carbons (Fsp3) is 0.500. The Morgan fingerprint density at radius 2 is 1.87 bits per heavy atom. The van der Waals surface area contributed by atoms with E-state index in [2.05, 4.69) is 70.5 Å². The van der Waals surface area contributed by atoms with Gasteiger partial charge in [-0.3, -0.25) is 9.98 Å². The number of piperidine rings is 1. The molecule has 0 spiro atoms. The van der Waals surface area contributed by atoms with Crippen molar-refractivity contribution in [3.8, 4) is 5.75 Å². The number of nitrogens with zero attached hydrogens (tertiary/aromatic N) is 3. The predicted octanol–water partition coefficient (Wildman–Crippen LogP) is 4.21. The molecule has 1 saturated heterocycles. The second kappa shape index (κ2) is 12.1. The summed E-state index contributed by atoms with van der Waals surface area (Å²) in [6.07, 6.45) is 5.64. The van der Waals surface area contributed by atoms with Gasteiger partial charge in [-0.2, -0.15) is 0 Å². The molecule has 7 heteroatoms. The molecule has 1 aliphatic heterocycles. The first-order valence-electron chi connectivity index (χ1n) is 10.8. The van der Waals surface area contributed by atoms with Gasteiger partial charge in [-0.1, -0.05) is 32.9 Å². The Kier molecular flexibility index (Phi) is 9.87. The molecular weight excluding hydrogens is 501 g/mol. The number of aliphatic imine (C=N–C) groups is 1. The normalized spacial score (nSPS) is 15.2. The molecule has 0 bridgehead atoms. The van der Waals surface area contributed by atoms with Crippen molar-refractivity contribution >= 4 is 35.6 Å². The molecule has 170 valence electrons. The topological polar surface area (TPSA) is 61.8 Å². The van der Waals surface area contributed by atoms with Gasteiger partial charge in [0.25, 0.3) is 0 Å². The zero-order valence-electron chi connectivity index (χ0n) is 19.1. The Labute approximate surface area is 203 Å². The lowest BCUT2D eigenvalue weighted by molar-refractivity contribution is 0.320. The molecule has 2 aromatic rings. The van der Waals surface area contributed by atoms with Crippen LogP contribution >= 0.6 is 24.0 Å². The van der Waals surface area contributed by atoms with Gasteiger partial charge in [0.05, 0.1) is 12.7 Å². The van der Waals surface area contributed by atoms with Gasteiger partial charge in [0.15, 0.2) is 5.96 Å². The summed E-state index contributed by atoms with van der Waals surface area (Å²) in [6, 6.07) is 13.3. The molecule has 31 heavy (non-hydrogen) atoms. The van der Waals surface area contributed by atoms with E-state index in [0.29, 0.717) is 19.2 Å². The van der Waals surface area contributed by atoms with Gasteiger partial charge in [-0.25, -0.2) is 0 Å². The third-order valence-corrected chi connectivity index (χ3v) is 5.46. The van der Waals surface area contributed by atoms with Gasteiger partial charge < -0.3 is 20.3 Å². The van der Waals surface area contributed by atoms with Gasteiger partial charge in [0, 0.05) is 38.1 Å². The van der Waals surface area contributed by atoms with Crippen molar-refractivity contribution in [3.05, 3.63) is 54.4 Å². The third-order valence-electron chi connectivity index (χ3n) is 5.46. The smallest absolute Gasteiger partial charge is 0.191 e. The molecule has 1 aromatic heterocycles. The van der Waals surface area contributed by atoms with Crippen LogP contribution in [0, 0.1) is 0 Å².